The van der Waals surface area contributed by atoms with Crippen molar-refractivity contribution in [1.29, 1.82) is 5.26 Å². The van der Waals surface area contributed by atoms with Gasteiger partial charge in [0.15, 0.2) is 0 Å². The van der Waals surface area contributed by atoms with Gasteiger partial charge in [-0.3, -0.25) is 4.68 Å². The van der Waals surface area contributed by atoms with E-state index in [1.54, 1.807) is 18.6 Å². The number of aromatic nitrogens is 5. The number of rotatable bonds is 7. The van der Waals surface area contributed by atoms with E-state index in [-0.39, 0.29) is 5.41 Å². The molecule has 5 rings (SSSR count). The predicted molar refractivity (Wildman–Crippen MR) is 117 cm³/mol. The molecule has 9 nitrogen and oxygen atoms in total. The van der Waals surface area contributed by atoms with E-state index in [4.69, 9.17) is 14.5 Å². The summed E-state index contributed by atoms with van der Waals surface area (Å²) in [5.74, 6) is 1.02. The van der Waals surface area contributed by atoms with Crippen LogP contribution in [0.1, 0.15) is 37.3 Å². The maximum absolute atomic E-state index is 9.18. The molecule has 0 unspecified atom stereocenters. The first-order chi connectivity index (χ1) is 15.6. The van der Waals surface area contributed by atoms with Crippen molar-refractivity contribution in [2.45, 2.75) is 38.6 Å². The quantitative estimate of drug-likeness (QED) is 0.601. The van der Waals surface area contributed by atoms with Crippen LogP contribution in [-0.4, -0.2) is 44.6 Å². The Hall–Kier alpha value is -3.51. The van der Waals surface area contributed by atoms with E-state index in [2.05, 4.69) is 26.5 Å². The Balaban J connectivity index is 1.27. The first kappa shape index (κ1) is 20.4. The number of aryl methyl sites for hydroxylation is 1. The summed E-state index contributed by atoms with van der Waals surface area (Å²) in [6.45, 7) is 3.90. The third-order valence-electron chi connectivity index (χ3n) is 5.99. The number of nitriles is 1. The molecule has 1 aliphatic heterocycles. The molecule has 1 saturated heterocycles. The Morgan fingerprint density at radius 3 is 2.78 bits per heavy atom. The predicted octanol–water partition coefficient (Wildman–Crippen LogP) is 3.82. The van der Waals surface area contributed by atoms with E-state index in [1.807, 2.05) is 29.9 Å². The summed E-state index contributed by atoms with van der Waals surface area (Å²) >= 11 is 0. The van der Waals surface area contributed by atoms with Crippen LogP contribution in [0.3, 0.4) is 0 Å². The van der Waals surface area contributed by atoms with Gasteiger partial charge in [0.25, 0.3) is 0 Å². The molecule has 0 spiro atoms. The average Bonchev–Trinajstić information content (AvgIpc) is 3.48. The van der Waals surface area contributed by atoms with Gasteiger partial charge >= 0.3 is 0 Å². The van der Waals surface area contributed by atoms with Crippen LogP contribution in [0.15, 0.2) is 36.9 Å². The Morgan fingerprint density at radius 2 is 2.06 bits per heavy atom. The van der Waals surface area contributed by atoms with Crippen molar-refractivity contribution >= 4 is 11.6 Å². The zero-order chi connectivity index (χ0) is 22.0. The maximum Gasteiger partial charge on any atom is 0.227 e. The summed E-state index contributed by atoms with van der Waals surface area (Å²) in [4.78, 5) is 13.5. The van der Waals surface area contributed by atoms with Gasteiger partial charge in [-0.1, -0.05) is 0 Å². The van der Waals surface area contributed by atoms with E-state index >= 15 is 0 Å². The van der Waals surface area contributed by atoms with Gasteiger partial charge in [0.1, 0.15) is 6.61 Å². The lowest BCUT2D eigenvalue weighted by atomic mass is 10.1. The Morgan fingerprint density at radius 1 is 1.22 bits per heavy atom. The topological polar surface area (TPSA) is 111 Å². The standard InChI is InChI=1S/C23H25N7O2/c1-16-10-26-22(28-18-12-27-30(13-18)19-4-8-31-9-5-19)29-21(16)17-2-3-20(25-11-17)32-15-23(14-24)6-7-23/h2-3,10-13,19H,4-9,15H2,1H3,(H,26,28,29). The molecule has 32 heavy (non-hydrogen) atoms. The van der Waals surface area contributed by atoms with E-state index in [0.29, 0.717) is 24.5 Å². The van der Waals surface area contributed by atoms with Crippen LogP contribution < -0.4 is 10.1 Å². The Bertz CT molecular complexity index is 1130. The number of anilines is 2. The highest BCUT2D eigenvalue weighted by Crippen LogP contribution is 2.45. The van der Waals surface area contributed by atoms with E-state index in [9.17, 15) is 5.26 Å². The molecule has 0 amide bonds. The minimum Gasteiger partial charge on any atom is -0.476 e. The van der Waals surface area contributed by atoms with Crippen LogP contribution in [0.4, 0.5) is 11.6 Å². The largest absolute Gasteiger partial charge is 0.476 e. The normalized spacial score (nSPS) is 17.5. The van der Waals surface area contributed by atoms with Crippen LogP contribution in [0, 0.1) is 23.7 Å². The molecule has 0 aromatic carbocycles. The maximum atomic E-state index is 9.18. The van der Waals surface area contributed by atoms with Gasteiger partial charge in [0, 0.05) is 43.4 Å². The van der Waals surface area contributed by atoms with Gasteiger partial charge < -0.3 is 14.8 Å². The zero-order valence-electron chi connectivity index (χ0n) is 18.0. The number of nitrogens with zero attached hydrogens (tertiary/aromatic N) is 6. The summed E-state index contributed by atoms with van der Waals surface area (Å²) in [5.41, 5.74) is 3.15. The molecule has 4 heterocycles. The Kier molecular flexibility index (Phi) is 5.45. The van der Waals surface area contributed by atoms with Gasteiger partial charge in [-0.2, -0.15) is 10.4 Å². The molecular formula is C23H25N7O2. The number of hydrogen-bond acceptors (Lipinski definition) is 8. The van der Waals surface area contributed by atoms with Gasteiger partial charge in [-0.15, -0.1) is 0 Å². The highest BCUT2D eigenvalue weighted by molar-refractivity contribution is 5.64. The smallest absolute Gasteiger partial charge is 0.227 e. The Labute approximate surface area is 186 Å². The van der Waals surface area contributed by atoms with Crippen molar-refractivity contribution in [3.05, 3.63) is 42.5 Å². The lowest BCUT2D eigenvalue weighted by molar-refractivity contribution is 0.0662. The third-order valence-corrected chi connectivity index (χ3v) is 5.99. The fourth-order valence-electron chi connectivity index (χ4n) is 3.73. The summed E-state index contributed by atoms with van der Waals surface area (Å²) in [5, 5.41) is 16.9. The van der Waals surface area contributed by atoms with Crippen LogP contribution in [-0.2, 0) is 4.74 Å². The SMILES string of the molecule is Cc1cnc(Nc2cnn(C3CCOCC3)c2)nc1-c1ccc(OCC2(C#N)CC2)nc1. The molecule has 2 aliphatic rings. The number of pyridine rings is 1. The lowest BCUT2D eigenvalue weighted by Crippen LogP contribution is -2.19. The van der Waals surface area contributed by atoms with Gasteiger partial charge in [0.2, 0.25) is 11.8 Å². The van der Waals surface area contributed by atoms with Gasteiger partial charge in [-0.05, 0) is 44.2 Å². The van der Waals surface area contributed by atoms with Crippen LogP contribution >= 0.6 is 0 Å². The molecule has 3 aromatic rings. The second-order valence-corrected chi connectivity index (χ2v) is 8.47. The average molecular weight is 432 g/mol. The van der Waals surface area contributed by atoms with Crippen LogP contribution in [0.25, 0.3) is 11.3 Å². The number of nitrogens with one attached hydrogen (secondary N) is 1. The highest BCUT2D eigenvalue weighted by Gasteiger charge is 2.44. The molecule has 0 atom stereocenters. The number of hydrogen-bond donors (Lipinski definition) is 1. The van der Waals surface area contributed by atoms with Gasteiger partial charge in [-0.25, -0.2) is 15.0 Å². The zero-order valence-corrected chi connectivity index (χ0v) is 18.0. The lowest BCUT2D eigenvalue weighted by Gasteiger charge is -2.22. The number of ether oxygens (including phenoxy) is 2. The first-order valence-corrected chi connectivity index (χ1v) is 10.9. The van der Waals surface area contributed by atoms with E-state index in [0.717, 1.165) is 61.4 Å². The third kappa shape index (κ3) is 4.41. The fourth-order valence-corrected chi connectivity index (χ4v) is 3.73. The van der Waals surface area contributed by atoms with Crippen molar-refractivity contribution in [2.24, 2.45) is 5.41 Å². The molecule has 2 fully saturated rings. The van der Waals surface area contributed by atoms with Crippen LogP contribution in [0.2, 0.25) is 0 Å². The summed E-state index contributed by atoms with van der Waals surface area (Å²) in [7, 11) is 0. The molecule has 1 saturated carbocycles. The van der Waals surface area contributed by atoms with Crippen molar-refractivity contribution in [2.75, 3.05) is 25.1 Å². The van der Waals surface area contributed by atoms with Crippen molar-refractivity contribution in [1.82, 2.24) is 24.7 Å². The monoisotopic (exact) mass is 431 g/mol. The summed E-state index contributed by atoms with van der Waals surface area (Å²) < 4.78 is 13.1. The van der Waals surface area contributed by atoms with Crippen molar-refractivity contribution < 1.29 is 9.47 Å². The van der Waals surface area contributed by atoms with Crippen LogP contribution in [0.5, 0.6) is 5.88 Å². The minimum atomic E-state index is -0.317. The summed E-state index contributed by atoms with van der Waals surface area (Å²) in [6, 6.07) is 6.43. The second kappa shape index (κ2) is 8.55. The molecular weight excluding hydrogens is 406 g/mol. The van der Waals surface area contributed by atoms with Crippen molar-refractivity contribution in [3.63, 3.8) is 0 Å². The molecule has 9 heteroatoms. The molecule has 164 valence electrons. The molecule has 0 radical (unpaired) electrons. The first-order valence-electron chi connectivity index (χ1n) is 10.9. The minimum absolute atomic E-state index is 0.317. The van der Waals surface area contributed by atoms with E-state index < -0.39 is 0 Å². The summed E-state index contributed by atoms with van der Waals surface area (Å²) in [6.07, 6.45) is 11.0. The van der Waals surface area contributed by atoms with E-state index in [1.165, 1.54) is 0 Å². The second-order valence-electron chi connectivity index (χ2n) is 8.47. The highest BCUT2D eigenvalue weighted by atomic mass is 16.5. The molecule has 1 aliphatic carbocycles. The fraction of sp³-hybridized carbons (Fsp3) is 0.435. The molecule has 1 N–H and O–H groups in total. The molecule has 0 bridgehead atoms. The van der Waals surface area contributed by atoms with Gasteiger partial charge in [0.05, 0.1) is 35.1 Å². The molecule has 3 aromatic heterocycles. The van der Waals surface area contributed by atoms with Crippen molar-refractivity contribution in [3.8, 4) is 23.2 Å².